The predicted octanol–water partition coefficient (Wildman–Crippen LogP) is 2.26. The molecule has 1 aromatic rings. The average Bonchev–Trinajstić information content (AvgIpc) is 2.72. The number of hydrogen-bond acceptors (Lipinski definition) is 5. The summed E-state index contributed by atoms with van der Waals surface area (Å²) < 4.78 is 32.7. The molecule has 0 spiro atoms. The lowest BCUT2D eigenvalue weighted by Gasteiger charge is -2.22. The fraction of sp³-hybridized carbons (Fsp3) is 0.650. The van der Waals surface area contributed by atoms with E-state index in [0.717, 1.165) is 31.4 Å². The summed E-state index contributed by atoms with van der Waals surface area (Å²) in [4.78, 5) is 5.82. The van der Waals surface area contributed by atoms with E-state index in [1.54, 1.807) is 11.8 Å². The summed E-state index contributed by atoms with van der Waals surface area (Å²) in [6, 6.07) is 6.33. The largest absolute Gasteiger partial charge is 0.377 e. The molecule has 1 aliphatic rings. The van der Waals surface area contributed by atoms with Gasteiger partial charge in [0.15, 0.2) is 5.96 Å². The number of hydrogen-bond donors (Lipinski definition) is 3. The van der Waals surface area contributed by atoms with Crippen molar-refractivity contribution in [1.82, 2.24) is 15.4 Å². The number of benzene rings is 1. The van der Waals surface area contributed by atoms with Crippen LogP contribution in [0.5, 0.6) is 0 Å². The summed E-state index contributed by atoms with van der Waals surface area (Å²) in [6.45, 7) is 6.66. The highest BCUT2D eigenvalue weighted by Gasteiger charge is 2.17. The SMILES string of the molecule is CCNC(=NCc1ccc(C)cc1SC)NCCS(=O)(=O)NCC1CCCCO1. The van der Waals surface area contributed by atoms with Crippen molar-refractivity contribution in [3.05, 3.63) is 29.3 Å². The van der Waals surface area contributed by atoms with Gasteiger partial charge in [0.1, 0.15) is 0 Å². The molecule has 1 heterocycles. The summed E-state index contributed by atoms with van der Waals surface area (Å²) in [7, 11) is -3.35. The zero-order chi connectivity index (χ0) is 21.1. The molecule has 3 N–H and O–H groups in total. The number of guanidine groups is 1. The third-order valence-electron chi connectivity index (χ3n) is 4.66. The minimum atomic E-state index is -3.35. The smallest absolute Gasteiger partial charge is 0.213 e. The topological polar surface area (TPSA) is 91.8 Å². The Balaban J connectivity index is 1.84. The Morgan fingerprint density at radius 3 is 2.83 bits per heavy atom. The molecule has 7 nitrogen and oxygen atoms in total. The van der Waals surface area contributed by atoms with Gasteiger partial charge in [-0.2, -0.15) is 0 Å². The third kappa shape index (κ3) is 8.94. The van der Waals surface area contributed by atoms with Crippen molar-refractivity contribution in [2.45, 2.75) is 50.7 Å². The molecule has 0 amide bonds. The molecule has 1 aliphatic heterocycles. The van der Waals surface area contributed by atoms with Crippen LogP contribution in [0, 0.1) is 6.92 Å². The van der Waals surface area contributed by atoms with Crippen LogP contribution in [0.25, 0.3) is 0 Å². The van der Waals surface area contributed by atoms with Crippen molar-refractivity contribution in [2.24, 2.45) is 4.99 Å². The van der Waals surface area contributed by atoms with Crippen molar-refractivity contribution in [3.8, 4) is 0 Å². The van der Waals surface area contributed by atoms with Gasteiger partial charge in [-0.1, -0.05) is 12.1 Å². The summed E-state index contributed by atoms with van der Waals surface area (Å²) in [6.07, 6.45) is 5.11. The maximum Gasteiger partial charge on any atom is 0.213 e. The van der Waals surface area contributed by atoms with Crippen molar-refractivity contribution >= 4 is 27.7 Å². The second kappa shape index (κ2) is 12.4. The lowest BCUT2D eigenvalue weighted by Crippen LogP contribution is -2.42. The highest BCUT2D eigenvalue weighted by atomic mass is 32.2. The Bertz CT molecular complexity index is 763. The molecule has 2 rings (SSSR count). The molecule has 1 aromatic carbocycles. The van der Waals surface area contributed by atoms with Crippen LogP contribution >= 0.6 is 11.8 Å². The maximum absolute atomic E-state index is 12.2. The molecule has 0 aromatic heterocycles. The van der Waals surface area contributed by atoms with Gasteiger partial charge in [0, 0.05) is 31.1 Å². The van der Waals surface area contributed by atoms with Crippen molar-refractivity contribution in [3.63, 3.8) is 0 Å². The molecule has 1 atom stereocenters. The number of aliphatic imine (C=N–C) groups is 1. The second-order valence-corrected chi connectivity index (χ2v) is 9.87. The van der Waals surface area contributed by atoms with Gasteiger partial charge in [-0.25, -0.2) is 18.1 Å². The Kier molecular flexibility index (Phi) is 10.3. The number of rotatable bonds is 10. The Morgan fingerprint density at radius 1 is 1.31 bits per heavy atom. The number of thioether (sulfide) groups is 1. The molecule has 29 heavy (non-hydrogen) atoms. The number of sulfonamides is 1. The zero-order valence-corrected chi connectivity index (χ0v) is 19.3. The lowest BCUT2D eigenvalue weighted by atomic mass is 10.1. The van der Waals surface area contributed by atoms with Crippen LogP contribution in [-0.2, 0) is 21.3 Å². The minimum Gasteiger partial charge on any atom is -0.377 e. The molecule has 0 bridgehead atoms. The van der Waals surface area contributed by atoms with Crippen molar-refractivity contribution in [2.75, 3.05) is 38.2 Å². The van der Waals surface area contributed by atoms with Gasteiger partial charge in [-0.05, 0) is 56.6 Å². The van der Waals surface area contributed by atoms with E-state index in [1.165, 1.54) is 10.5 Å². The predicted molar refractivity (Wildman–Crippen MR) is 121 cm³/mol. The Labute approximate surface area is 179 Å². The average molecular weight is 443 g/mol. The molecule has 0 aliphatic carbocycles. The van der Waals surface area contributed by atoms with Crippen LogP contribution < -0.4 is 15.4 Å². The number of nitrogens with zero attached hydrogens (tertiary/aromatic N) is 1. The van der Waals surface area contributed by atoms with E-state index in [2.05, 4.69) is 51.7 Å². The van der Waals surface area contributed by atoms with Crippen LogP contribution in [0.4, 0.5) is 0 Å². The zero-order valence-electron chi connectivity index (χ0n) is 17.7. The Hall–Kier alpha value is -1.29. The first-order valence-corrected chi connectivity index (χ1v) is 13.1. The first-order valence-electron chi connectivity index (χ1n) is 10.2. The molecule has 0 radical (unpaired) electrons. The number of ether oxygens (including phenoxy) is 1. The van der Waals surface area contributed by atoms with Gasteiger partial charge < -0.3 is 15.4 Å². The van der Waals surface area contributed by atoms with Crippen LogP contribution in [0.15, 0.2) is 28.1 Å². The molecule has 0 saturated carbocycles. The van der Waals surface area contributed by atoms with Crippen LogP contribution in [0.3, 0.4) is 0 Å². The highest BCUT2D eigenvalue weighted by Crippen LogP contribution is 2.22. The van der Waals surface area contributed by atoms with E-state index < -0.39 is 10.0 Å². The van der Waals surface area contributed by atoms with E-state index in [-0.39, 0.29) is 18.4 Å². The van der Waals surface area contributed by atoms with Gasteiger partial charge in [0.2, 0.25) is 10.0 Å². The summed E-state index contributed by atoms with van der Waals surface area (Å²) >= 11 is 1.71. The quantitative estimate of drug-likeness (QED) is 0.292. The maximum atomic E-state index is 12.2. The van der Waals surface area contributed by atoms with Gasteiger partial charge in [-0.15, -0.1) is 11.8 Å². The first kappa shape index (κ1) is 24.0. The van der Waals surface area contributed by atoms with Crippen molar-refractivity contribution in [1.29, 1.82) is 0 Å². The third-order valence-corrected chi connectivity index (χ3v) is 6.83. The van der Waals surface area contributed by atoms with E-state index in [9.17, 15) is 8.42 Å². The summed E-state index contributed by atoms with van der Waals surface area (Å²) in [5.41, 5.74) is 2.38. The standard InChI is InChI=1S/C20H34N4O3S2/c1-4-21-20(23-14-17-9-8-16(2)13-19(17)28-3)22-10-12-29(25,26)24-15-18-7-5-6-11-27-18/h8-9,13,18,24H,4-7,10-12,14-15H2,1-3H3,(H2,21,22,23). The van der Waals surface area contributed by atoms with Crippen LogP contribution in [0.1, 0.15) is 37.3 Å². The first-order chi connectivity index (χ1) is 13.9. The molecular formula is C20H34N4O3S2. The number of aryl methyl sites for hydroxylation is 1. The number of nitrogens with one attached hydrogen (secondary N) is 3. The van der Waals surface area contributed by atoms with Crippen molar-refractivity contribution < 1.29 is 13.2 Å². The monoisotopic (exact) mass is 442 g/mol. The fourth-order valence-electron chi connectivity index (χ4n) is 3.05. The van der Waals surface area contributed by atoms with Gasteiger partial charge in [-0.3, -0.25) is 0 Å². The molecule has 1 fully saturated rings. The molecule has 9 heteroatoms. The summed E-state index contributed by atoms with van der Waals surface area (Å²) in [5.74, 6) is 0.607. The van der Waals surface area contributed by atoms with Gasteiger partial charge >= 0.3 is 0 Å². The summed E-state index contributed by atoms with van der Waals surface area (Å²) in [5, 5.41) is 6.28. The van der Waals surface area contributed by atoms with Crippen LogP contribution in [-0.4, -0.2) is 58.7 Å². The van der Waals surface area contributed by atoms with Gasteiger partial charge in [0.25, 0.3) is 0 Å². The fourth-order valence-corrected chi connectivity index (χ4v) is 4.71. The highest BCUT2D eigenvalue weighted by molar-refractivity contribution is 7.98. The van der Waals surface area contributed by atoms with E-state index in [1.807, 2.05) is 6.92 Å². The van der Waals surface area contributed by atoms with Gasteiger partial charge in [0.05, 0.1) is 18.4 Å². The second-order valence-electron chi connectivity index (χ2n) is 7.09. The van der Waals surface area contributed by atoms with E-state index >= 15 is 0 Å². The lowest BCUT2D eigenvalue weighted by molar-refractivity contribution is 0.0200. The molecular weight excluding hydrogens is 408 g/mol. The van der Waals surface area contributed by atoms with Crippen LogP contribution in [0.2, 0.25) is 0 Å². The Morgan fingerprint density at radius 2 is 2.14 bits per heavy atom. The molecule has 164 valence electrons. The molecule has 1 saturated heterocycles. The molecule has 1 unspecified atom stereocenters. The normalized spacial score (nSPS) is 17.9. The minimum absolute atomic E-state index is 0.00879. The van der Waals surface area contributed by atoms with E-state index in [4.69, 9.17) is 4.74 Å². The van der Waals surface area contributed by atoms with E-state index in [0.29, 0.717) is 25.6 Å².